The van der Waals surface area contributed by atoms with Crippen molar-refractivity contribution in [2.45, 2.75) is 51.6 Å². The fourth-order valence-electron chi connectivity index (χ4n) is 2.94. The van der Waals surface area contributed by atoms with Crippen molar-refractivity contribution >= 4 is 0 Å². The molecule has 2 rings (SSSR count). The molecule has 1 saturated heterocycles. The van der Waals surface area contributed by atoms with Crippen LogP contribution in [0.1, 0.15) is 44.7 Å². The van der Waals surface area contributed by atoms with Crippen LogP contribution in [-0.2, 0) is 11.8 Å². The molecule has 124 valence electrons. The Kier molecular flexibility index (Phi) is 5.15. The molecule has 0 aliphatic carbocycles. The molecule has 0 atom stereocenters. The van der Waals surface area contributed by atoms with Gasteiger partial charge in [-0.05, 0) is 54.8 Å². The van der Waals surface area contributed by atoms with Crippen molar-refractivity contribution in [2.24, 2.45) is 5.92 Å². The molecule has 1 aromatic heterocycles. The summed E-state index contributed by atoms with van der Waals surface area (Å²) in [7, 11) is 0. The molecule has 0 N–H and O–H groups in total. The number of hydrogen-bond acceptors (Lipinski definition) is 2. The zero-order valence-corrected chi connectivity index (χ0v) is 13.6. The van der Waals surface area contributed by atoms with Crippen LogP contribution in [0.15, 0.2) is 18.5 Å². The van der Waals surface area contributed by atoms with Crippen molar-refractivity contribution in [1.82, 2.24) is 9.88 Å². The molecule has 0 spiro atoms. The Morgan fingerprint density at radius 1 is 1.14 bits per heavy atom. The average molecular weight is 314 g/mol. The maximum atomic E-state index is 12.4. The lowest BCUT2D eigenvalue weighted by Crippen LogP contribution is -2.40. The molecule has 1 aliphatic heterocycles. The van der Waals surface area contributed by atoms with E-state index < -0.39 is 12.7 Å². The topological polar surface area (TPSA) is 16.1 Å². The number of hydrogen-bond donors (Lipinski definition) is 0. The summed E-state index contributed by atoms with van der Waals surface area (Å²) < 4.78 is 37.2. The standard InChI is InChI=1S/C17H25F3N2/c1-16(2,3)15-9-14(10-21-11-15)8-13-4-6-22(7-5-13)12-17(18,19)20/h9-11,13H,4-8,12H2,1-3H3. The molecule has 5 heteroatoms. The molecule has 0 unspecified atom stereocenters. The highest BCUT2D eigenvalue weighted by Crippen LogP contribution is 2.27. The predicted molar refractivity (Wildman–Crippen MR) is 81.9 cm³/mol. The van der Waals surface area contributed by atoms with Gasteiger partial charge in [-0.1, -0.05) is 26.8 Å². The highest BCUT2D eigenvalue weighted by Gasteiger charge is 2.32. The summed E-state index contributed by atoms with van der Waals surface area (Å²) >= 11 is 0. The summed E-state index contributed by atoms with van der Waals surface area (Å²) in [6, 6.07) is 2.19. The van der Waals surface area contributed by atoms with Crippen molar-refractivity contribution in [2.75, 3.05) is 19.6 Å². The van der Waals surface area contributed by atoms with E-state index in [2.05, 4.69) is 31.8 Å². The van der Waals surface area contributed by atoms with E-state index in [4.69, 9.17) is 0 Å². The van der Waals surface area contributed by atoms with Gasteiger partial charge in [-0.2, -0.15) is 13.2 Å². The summed E-state index contributed by atoms with van der Waals surface area (Å²) in [6.07, 6.45) is 2.27. The van der Waals surface area contributed by atoms with Crippen LogP contribution in [0.25, 0.3) is 0 Å². The van der Waals surface area contributed by atoms with E-state index in [1.54, 1.807) is 0 Å². The zero-order valence-electron chi connectivity index (χ0n) is 13.6. The van der Waals surface area contributed by atoms with Gasteiger partial charge in [0.15, 0.2) is 0 Å². The SMILES string of the molecule is CC(C)(C)c1cncc(CC2CCN(CC(F)(F)F)CC2)c1. The molecule has 0 radical (unpaired) electrons. The lowest BCUT2D eigenvalue weighted by molar-refractivity contribution is -0.148. The maximum Gasteiger partial charge on any atom is 0.401 e. The van der Waals surface area contributed by atoms with E-state index in [9.17, 15) is 13.2 Å². The monoisotopic (exact) mass is 314 g/mol. The Morgan fingerprint density at radius 3 is 2.32 bits per heavy atom. The second kappa shape index (κ2) is 6.57. The minimum Gasteiger partial charge on any atom is -0.295 e. The third-order valence-corrected chi connectivity index (χ3v) is 4.30. The van der Waals surface area contributed by atoms with Crippen molar-refractivity contribution in [3.63, 3.8) is 0 Å². The van der Waals surface area contributed by atoms with Gasteiger partial charge < -0.3 is 0 Å². The number of halogens is 3. The molecule has 0 amide bonds. The molecule has 1 aliphatic rings. The Morgan fingerprint density at radius 2 is 1.77 bits per heavy atom. The number of likely N-dealkylation sites (tertiary alicyclic amines) is 1. The minimum atomic E-state index is -4.09. The summed E-state index contributed by atoms with van der Waals surface area (Å²) in [5.74, 6) is 0.460. The van der Waals surface area contributed by atoms with Gasteiger partial charge in [-0.25, -0.2) is 0 Å². The Labute approximate surface area is 130 Å². The van der Waals surface area contributed by atoms with Crippen LogP contribution in [0.2, 0.25) is 0 Å². The van der Waals surface area contributed by atoms with Gasteiger partial charge in [0, 0.05) is 12.4 Å². The molecule has 2 nitrogen and oxygen atoms in total. The molecular weight excluding hydrogens is 289 g/mol. The van der Waals surface area contributed by atoms with Gasteiger partial charge in [0.05, 0.1) is 6.54 Å². The van der Waals surface area contributed by atoms with Crippen LogP contribution in [0.3, 0.4) is 0 Å². The number of nitrogens with zero attached hydrogens (tertiary/aromatic N) is 2. The van der Waals surface area contributed by atoms with Gasteiger partial charge >= 0.3 is 6.18 Å². The van der Waals surface area contributed by atoms with Crippen molar-refractivity contribution in [3.8, 4) is 0 Å². The van der Waals surface area contributed by atoms with E-state index in [0.29, 0.717) is 19.0 Å². The normalized spacial score (nSPS) is 18.6. The summed E-state index contributed by atoms with van der Waals surface area (Å²) in [5.41, 5.74) is 2.47. The second-order valence-electron chi connectivity index (χ2n) is 7.37. The zero-order chi connectivity index (χ0) is 16.4. The first kappa shape index (κ1) is 17.3. The van der Waals surface area contributed by atoms with Crippen LogP contribution < -0.4 is 0 Å². The Balaban J connectivity index is 1.89. The predicted octanol–water partition coefficient (Wildman–Crippen LogP) is 4.20. The highest BCUT2D eigenvalue weighted by molar-refractivity contribution is 5.24. The first-order valence-corrected chi connectivity index (χ1v) is 7.87. The Hall–Kier alpha value is -1.10. The van der Waals surface area contributed by atoms with E-state index in [-0.39, 0.29) is 5.41 Å². The number of piperidine rings is 1. The number of aromatic nitrogens is 1. The van der Waals surface area contributed by atoms with Gasteiger partial charge in [-0.3, -0.25) is 9.88 Å². The quantitative estimate of drug-likeness (QED) is 0.831. The van der Waals surface area contributed by atoms with Gasteiger partial charge in [0.2, 0.25) is 0 Å². The van der Waals surface area contributed by atoms with Crippen LogP contribution in [-0.4, -0.2) is 35.7 Å². The molecule has 0 aromatic carbocycles. The molecule has 1 aromatic rings. The third-order valence-electron chi connectivity index (χ3n) is 4.30. The van der Waals surface area contributed by atoms with Crippen LogP contribution >= 0.6 is 0 Å². The molecule has 0 saturated carbocycles. The van der Waals surface area contributed by atoms with Crippen molar-refractivity contribution < 1.29 is 13.2 Å². The Bertz CT molecular complexity index is 483. The van der Waals surface area contributed by atoms with E-state index in [0.717, 1.165) is 19.3 Å². The average Bonchev–Trinajstić information content (AvgIpc) is 2.39. The molecule has 0 bridgehead atoms. The van der Waals surface area contributed by atoms with Crippen LogP contribution in [0, 0.1) is 5.92 Å². The second-order valence-corrected chi connectivity index (χ2v) is 7.37. The smallest absolute Gasteiger partial charge is 0.295 e. The number of rotatable bonds is 3. The highest BCUT2D eigenvalue weighted by atomic mass is 19.4. The number of pyridine rings is 1. The van der Waals surface area contributed by atoms with Crippen molar-refractivity contribution in [1.29, 1.82) is 0 Å². The van der Waals surface area contributed by atoms with Crippen LogP contribution in [0.5, 0.6) is 0 Å². The first-order chi connectivity index (χ1) is 10.1. The largest absolute Gasteiger partial charge is 0.401 e. The van der Waals surface area contributed by atoms with Gasteiger partial charge in [0.25, 0.3) is 0 Å². The summed E-state index contributed by atoms with van der Waals surface area (Å²) in [6.45, 7) is 6.77. The maximum absolute atomic E-state index is 12.4. The fourth-order valence-corrected chi connectivity index (χ4v) is 2.94. The van der Waals surface area contributed by atoms with E-state index >= 15 is 0 Å². The molecule has 22 heavy (non-hydrogen) atoms. The minimum absolute atomic E-state index is 0.0685. The lowest BCUT2D eigenvalue weighted by atomic mass is 9.85. The summed E-state index contributed by atoms with van der Waals surface area (Å²) in [5, 5.41) is 0. The number of alkyl halides is 3. The molecular formula is C17H25F3N2. The fraction of sp³-hybridized carbons (Fsp3) is 0.706. The third kappa shape index (κ3) is 5.27. The summed E-state index contributed by atoms with van der Waals surface area (Å²) in [4.78, 5) is 5.84. The molecule has 2 heterocycles. The first-order valence-electron chi connectivity index (χ1n) is 7.87. The van der Waals surface area contributed by atoms with Crippen LogP contribution in [0.4, 0.5) is 13.2 Å². The van der Waals surface area contributed by atoms with Gasteiger partial charge in [0.1, 0.15) is 0 Å². The lowest BCUT2D eigenvalue weighted by Gasteiger charge is -2.32. The van der Waals surface area contributed by atoms with Crippen molar-refractivity contribution in [3.05, 3.63) is 29.6 Å². The molecule has 1 fully saturated rings. The van der Waals surface area contributed by atoms with Gasteiger partial charge in [-0.15, -0.1) is 0 Å². The van der Waals surface area contributed by atoms with E-state index in [1.807, 2.05) is 12.4 Å². The van der Waals surface area contributed by atoms with E-state index in [1.165, 1.54) is 16.0 Å².